The van der Waals surface area contributed by atoms with Crippen LogP contribution in [0.1, 0.15) is 33.4 Å². The quantitative estimate of drug-likeness (QED) is 0.505. The molecule has 0 heterocycles. The minimum atomic E-state index is 1.27. The minimum absolute atomic E-state index is 1.27. The molecule has 0 aromatic heterocycles. The smallest absolute Gasteiger partial charge is 0.0100 e. The van der Waals surface area contributed by atoms with Gasteiger partial charge in [0, 0.05) is 0 Å². The van der Waals surface area contributed by atoms with Crippen molar-refractivity contribution in [2.24, 2.45) is 0 Å². The van der Waals surface area contributed by atoms with Crippen LogP contribution in [-0.2, 0) is 0 Å². The molecule has 3 rings (SSSR count). The van der Waals surface area contributed by atoms with Crippen LogP contribution in [0.3, 0.4) is 0 Å². The van der Waals surface area contributed by atoms with E-state index in [0.717, 1.165) is 0 Å². The van der Waals surface area contributed by atoms with Crippen molar-refractivity contribution in [3.05, 3.63) is 106 Å². The molecule has 0 fully saturated rings. The van der Waals surface area contributed by atoms with Crippen molar-refractivity contribution in [3.63, 3.8) is 0 Å². The summed E-state index contributed by atoms with van der Waals surface area (Å²) in [5.41, 5.74) is 9.05. The van der Waals surface area contributed by atoms with E-state index >= 15 is 0 Å². The zero-order valence-corrected chi connectivity index (χ0v) is 14.0. The molecule has 0 spiro atoms. The maximum absolute atomic E-state index is 2.32. The van der Waals surface area contributed by atoms with Crippen molar-refractivity contribution in [3.8, 4) is 0 Å². The van der Waals surface area contributed by atoms with Crippen LogP contribution < -0.4 is 0 Å². The Bertz CT molecular complexity index is 806. The Balaban J connectivity index is 2.26. The van der Waals surface area contributed by atoms with Crippen molar-refractivity contribution < 1.29 is 0 Å². The Labute approximate surface area is 139 Å². The number of hydrogen-bond acceptors (Lipinski definition) is 0. The van der Waals surface area contributed by atoms with Gasteiger partial charge in [-0.2, -0.15) is 0 Å². The molecule has 0 unspecified atom stereocenters. The molecule has 3 aromatic rings. The Morgan fingerprint density at radius 3 is 1.48 bits per heavy atom. The molecule has 0 aliphatic rings. The van der Waals surface area contributed by atoms with E-state index in [1.54, 1.807) is 0 Å². The summed E-state index contributed by atoms with van der Waals surface area (Å²) in [4.78, 5) is 0. The highest BCUT2D eigenvalue weighted by Gasteiger charge is 2.10. The third kappa shape index (κ3) is 3.27. The molecule has 0 radical (unpaired) electrons. The second-order valence-corrected chi connectivity index (χ2v) is 6.04. The molecule has 23 heavy (non-hydrogen) atoms. The summed E-state index contributed by atoms with van der Waals surface area (Å²) in [6.07, 6.45) is 2.32. The maximum Gasteiger partial charge on any atom is -0.0100 e. The van der Waals surface area contributed by atoms with Crippen LogP contribution in [-0.4, -0.2) is 0 Å². The molecule has 0 heteroatoms. The van der Waals surface area contributed by atoms with Gasteiger partial charge in [-0.1, -0.05) is 72.8 Å². The van der Waals surface area contributed by atoms with Crippen LogP contribution >= 0.6 is 0 Å². The molecule has 0 aliphatic carbocycles. The van der Waals surface area contributed by atoms with Crippen molar-refractivity contribution >= 4 is 11.6 Å². The topological polar surface area (TPSA) is 0 Å². The van der Waals surface area contributed by atoms with Crippen LogP contribution in [0.25, 0.3) is 11.6 Å². The summed E-state index contributed by atoms with van der Waals surface area (Å²) in [5.74, 6) is 0. The predicted molar refractivity (Wildman–Crippen MR) is 101 cm³/mol. The molecular weight excluding hydrogens is 276 g/mol. The van der Waals surface area contributed by atoms with Gasteiger partial charge < -0.3 is 0 Å². The molecule has 0 saturated heterocycles. The van der Waals surface area contributed by atoms with Gasteiger partial charge in [0.15, 0.2) is 0 Å². The van der Waals surface area contributed by atoms with Crippen LogP contribution in [0.2, 0.25) is 0 Å². The standard InChI is InChI=1S/C23H22/c1-17-10-4-7-13-20(17)16-23(21-14-8-5-11-18(21)2)22-15-9-6-12-19(22)3/h4-16H,1-3H3. The van der Waals surface area contributed by atoms with Gasteiger partial charge in [0.2, 0.25) is 0 Å². The lowest BCUT2D eigenvalue weighted by atomic mass is 9.90. The Morgan fingerprint density at radius 2 is 1.00 bits per heavy atom. The van der Waals surface area contributed by atoms with Gasteiger partial charge in [-0.3, -0.25) is 0 Å². The number of hydrogen-bond donors (Lipinski definition) is 0. The lowest BCUT2D eigenvalue weighted by Crippen LogP contribution is -1.95. The predicted octanol–water partition coefficient (Wildman–Crippen LogP) is 6.20. The summed E-state index contributed by atoms with van der Waals surface area (Å²) in [6, 6.07) is 25.8. The van der Waals surface area contributed by atoms with E-state index in [1.807, 2.05) is 0 Å². The summed E-state index contributed by atoms with van der Waals surface area (Å²) in [5, 5.41) is 0. The van der Waals surface area contributed by atoms with E-state index in [1.165, 1.54) is 39.0 Å². The van der Waals surface area contributed by atoms with Gasteiger partial charge in [0.05, 0.1) is 0 Å². The van der Waals surface area contributed by atoms with Crippen molar-refractivity contribution in [2.75, 3.05) is 0 Å². The zero-order valence-electron chi connectivity index (χ0n) is 14.0. The van der Waals surface area contributed by atoms with E-state index in [0.29, 0.717) is 0 Å². The van der Waals surface area contributed by atoms with Gasteiger partial charge in [-0.15, -0.1) is 0 Å². The molecule has 0 saturated carbocycles. The monoisotopic (exact) mass is 298 g/mol. The Hall–Kier alpha value is -2.60. The van der Waals surface area contributed by atoms with Gasteiger partial charge in [-0.05, 0) is 65.8 Å². The first-order chi connectivity index (χ1) is 11.2. The maximum atomic E-state index is 2.32. The van der Waals surface area contributed by atoms with E-state index in [2.05, 4.69) is 99.6 Å². The third-order valence-electron chi connectivity index (χ3n) is 4.36. The highest BCUT2D eigenvalue weighted by molar-refractivity contribution is 5.93. The average molecular weight is 298 g/mol. The molecule has 0 bridgehead atoms. The number of benzene rings is 3. The largest absolute Gasteiger partial charge is 0.0620 e. The SMILES string of the molecule is Cc1ccccc1C=C(c1ccccc1C)c1ccccc1C. The van der Waals surface area contributed by atoms with Crippen LogP contribution in [0.5, 0.6) is 0 Å². The first-order valence-electron chi connectivity index (χ1n) is 8.06. The van der Waals surface area contributed by atoms with Crippen molar-refractivity contribution in [2.45, 2.75) is 20.8 Å². The lowest BCUT2D eigenvalue weighted by molar-refractivity contribution is 1.37. The van der Waals surface area contributed by atoms with Crippen LogP contribution in [0.15, 0.2) is 72.8 Å². The second kappa shape index (κ2) is 6.66. The third-order valence-corrected chi connectivity index (χ3v) is 4.36. The van der Waals surface area contributed by atoms with Crippen LogP contribution in [0, 0.1) is 20.8 Å². The first kappa shape index (κ1) is 15.3. The molecule has 0 amide bonds. The van der Waals surface area contributed by atoms with E-state index in [4.69, 9.17) is 0 Å². The fourth-order valence-corrected chi connectivity index (χ4v) is 2.96. The highest BCUT2D eigenvalue weighted by Crippen LogP contribution is 2.31. The van der Waals surface area contributed by atoms with Gasteiger partial charge >= 0.3 is 0 Å². The summed E-state index contributed by atoms with van der Waals surface area (Å²) in [7, 11) is 0. The van der Waals surface area contributed by atoms with Crippen LogP contribution in [0.4, 0.5) is 0 Å². The summed E-state index contributed by atoms with van der Waals surface area (Å²) >= 11 is 0. The molecule has 3 aromatic carbocycles. The van der Waals surface area contributed by atoms with E-state index in [9.17, 15) is 0 Å². The lowest BCUT2D eigenvalue weighted by Gasteiger charge is -2.15. The Morgan fingerprint density at radius 1 is 0.565 bits per heavy atom. The van der Waals surface area contributed by atoms with E-state index < -0.39 is 0 Å². The number of rotatable bonds is 3. The fraction of sp³-hybridized carbons (Fsp3) is 0.130. The molecule has 0 atom stereocenters. The minimum Gasteiger partial charge on any atom is -0.0620 e. The first-order valence-corrected chi connectivity index (χ1v) is 8.06. The molecule has 0 aliphatic heterocycles. The zero-order chi connectivity index (χ0) is 16.2. The van der Waals surface area contributed by atoms with Gasteiger partial charge in [0.1, 0.15) is 0 Å². The highest BCUT2D eigenvalue weighted by atomic mass is 14.1. The van der Waals surface area contributed by atoms with Gasteiger partial charge in [-0.25, -0.2) is 0 Å². The summed E-state index contributed by atoms with van der Waals surface area (Å²) in [6.45, 7) is 6.53. The Kier molecular flexibility index (Phi) is 4.43. The fourth-order valence-electron chi connectivity index (χ4n) is 2.96. The molecule has 0 nitrogen and oxygen atoms in total. The van der Waals surface area contributed by atoms with Crippen molar-refractivity contribution in [1.82, 2.24) is 0 Å². The van der Waals surface area contributed by atoms with Gasteiger partial charge in [0.25, 0.3) is 0 Å². The normalized spacial score (nSPS) is 10.4. The molecule has 114 valence electrons. The average Bonchev–Trinajstić information content (AvgIpc) is 2.56. The van der Waals surface area contributed by atoms with E-state index in [-0.39, 0.29) is 0 Å². The summed E-state index contributed by atoms with van der Waals surface area (Å²) < 4.78 is 0. The molecular formula is C23H22. The number of aryl methyl sites for hydroxylation is 3. The van der Waals surface area contributed by atoms with Crippen molar-refractivity contribution in [1.29, 1.82) is 0 Å². The molecule has 0 N–H and O–H groups in total. The second-order valence-electron chi connectivity index (χ2n) is 6.04.